The first-order valence-corrected chi connectivity index (χ1v) is 22.7. The summed E-state index contributed by atoms with van der Waals surface area (Å²) in [7, 11) is 0. The zero-order chi connectivity index (χ0) is 43.5. The van der Waals surface area contributed by atoms with Crippen molar-refractivity contribution in [3.63, 3.8) is 0 Å². The molecule has 0 aliphatic heterocycles. The van der Waals surface area contributed by atoms with E-state index in [4.69, 9.17) is 19.3 Å². The Balaban J connectivity index is 0.000000228. The highest BCUT2D eigenvalue weighted by molar-refractivity contribution is 5.91. The largest absolute Gasteiger partial charge is 0.490 e. The average Bonchev–Trinajstić information content (AvgIpc) is 3.20. The van der Waals surface area contributed by atoms with Gasteiger partial charge in [-0.25, -0.2) is 0 Å². The second-order valence-corrected chi connectivity index (χ2v) is 19.4. The predicted octanol–water partition coefficient (Wildman–Crippen LogP) is 11.9. The van der Waals surface area contributed by atoms with Gasteiger partial charge in [0.05, 0.1) is 31.7 Å². The molecule has 0 radical (unpaired) electrons. The van der Waals surface area contributed by atoms with Crippen molar-refractivity contribution in [3.05, 3.63) is 82.9 Å². The molecule has 60 heavy (non-hydrogen) atoms. The lowest BCUT2D eigenvalue weighted by Crippen LogP contribution is -2.31. The van der Waals surface area contributed by atoms with Gasteiger partial charge in [0, 0.05) is 37.3 Å². The Kier molecular flexibility index (Phi) is 16.9. The Morgan fingerprint density at radius 1 is 0.617 bits per heavy atom. The van der Waals surface area contributed by atoms with E-state index >= 15 is 0 Å². The molecule has 3 N–H and O–H groups in total. The number of rotatable bonds is 15. The van der Waals surface area contributed by atoms with Gasteiger partial charge < -0.3 is 30.0 Å². The van der Waals surface area contributed by atoms with Gasteiger partial charge >= 0.3 is 11.9 Å². The van der Waals surface area contributed by atoms with Crippen LogP contribution >= 0.6 is 0 Å². The third-order valence-electron chi connectivity index (χ3n) is 13.0. The van der Waals surface area contributed by atoms with Crippen LogP contribution in [0.2, 0.25) is 0 Å². The number of carboxylic acids is 1. The number of benzene rings is 4. The second-order valence-electron chi connectivity index (χ2n) is 19.4. The van der Waals surface area contributed by atoms with Gasteiger partial charge in [0.25, 0.3) is 0 Å². The van der Waals surface area contributed by atoms with Crippen LogP contribution in [0.3, 0.4) is 0 Å². The normalized spacial score (nSPS) is 19.7. The van der Waals surface area contributed by atoms with Gasteiger partial charge in [0.15, 0.2) is 0 Å². The standard InChI is InChI=1S/C27H39NO3.C25H35NO3/c1-6-30-26(29)15-16-28-18-24-23-10-8-7-9-22(23)19(2)17-25(24)31-21-13-11-20(12-14-21)27(3,4)5;1-17-15-23(29-19-11-9-18(10-12-19)25(2,3)4)22(16-26-14-13-24(27)28)21-8-6-5-7-20(17)21/h7-10,17,20-21,28H,6,11-16,18H2,1-5H3;5-8,15,18-19,26H,9-14,16H2,1-4H3,(H,27,28). The molecular weight excluding hydrogens is 749 g/mol. The maximum absolute atomic E-state index is 11.7. The fourth-order valence-electron chi connectivity index (χ4n) is 9.24. The molecular formula is C52H74N2O6. The van der Waals surface area contributed by atoms with E-state index in [2.05, 4.69) is 127 Å². The molecule has 0 aromatic heterocycles. The number of carbonyl (C=O) groups is 2. The van der Waals surface area contributed by atoms with Gasteiger partial charge in [0.2, 0.25) is 0 Å². The van der Waals surface area contributed by atoms with Crippen molar-refractivity contribution in [3.8, 4) is 11.5 Å². The van der Waals surface area contributed by atoms with Crippen LogP contribution in [0.4, 0.5) is 0 Å². The van der Waals surface area contributed by atoms with E-state index in [1.54, 1.807) is 0 Å². The summed E-state index contributed by atoms with van der Waals surface area (Å²) in [5.41, 5.74) is 5.51. The topological polar surface area (TPSA) is 106 Å². The minimum Gasteiger partial charge on any atom is -0.490 e. The Bertz CT molecular complexity index is 2010. The van der Waals surface area contributed by atoms with Crippen molar-refractivity contribution in [2.75, 3.05) is 19.7 Å². The van der Waals surface area contributed by atoms with E-state index in [1.807, 2.05) is 6.92 Å². The fraction of sp³-hybridized carbons (Fsp3) is 0.577. The number of esters is 1. The highest BCUT2D eigenvalue weighted by Crippen LogP contribution is 2.42. The van der Waals surface area contributed by atoms with E-state index in [0.717, 1.165) is 54.6 Å². The lowest BCUT2D eigenvalue weighted by atomic mass is 9.72. The molecule has 0 heterocycles. The van der Waals surface area contributed by atoms with E-state index in [1.165, 1.54) is 63.9 Å². The van der Waals surface area contributed by atoms with E-state index in [-0.39, 0.29) is 24.6 Å². The molecule has 0 spiro atoms. The monoisotopic (exact) mass is 823 g/mol. The van der Waals surface area contributed by atoms with Gasteiger partial charge in [-0.2, -0.15) is 0 Å². The van der Waals surface area contributed by atoms with Crippen LogP contribution in [-0.4, -0.2) is 48.9 Å². The Hall–Kier alpha value is -4.14. The van der Waals surface area contributed by atoms with Crippen molar-refractivity contribution in [2.24, 2.45) is 22.7 Å². The van der Waals surface area contributed by atoms with Crippen molar-refractivity contribution in [1.82, 2.24) is 10.6 Å². The summed E-state index contributed by atoms with van der Waals surface area (Å²) in [5, 5.41) is 20.5. The molecule has 8 nitrogen and oxygen atoms in total. The number of aryl methyl sites for hydroxylation is 2. The van der Waals surface area contributed by atoms with E-state index < -0.39 is 5.97 Å². The smallest absolute Gasteiger partial charge is 0.307 e. The van der Waals surface area contributed by atoms with Crippen molar-refractivity contribution in [2.45, 2.75) is 152 Å². The Morgan fingerprint density at radius 3 is 1.37 bits per heavy atom. The lowest BCUT2D eigenvalue weighted by Gasteiger charge is -2.37. The third kappa shape index (κ3) is 13.2. The maximum atomic E-state index is 11.7. The van der Waals surface area contributed by atoms with Crippen LogP contribution in [0.5, 0.6) is 11.5 Å². The molecule has 2 fully saturated rings. The number of aliphatic carboxylic acids is 1. The van der Waals surface area contributed by atoms with Crippen LogP contribution in [0.15, 0.2) is 60.7 Å². The van der Waals surface area contributed by atoms with Crippen molar-refractivity contribution < 1.29 is 28.9 Å². The van der Waals surface area contributed by atoms with Crippen molar-refractivity contribution >= 4 is 33.5 Å². The third-order valence-corrected chi connectivity index (χ3v) is 13.0. The zero-order valence-corrected chi connectivity index (χ0v) is 38.2. The summed E-state index contributed by atoms with van der Waals surface area (Å²) in [5.74, 6) is 2.53. The summed E-state index contributed by atoms with van der Waals surface area (Å²) in [6.45, 7) is 23.0. The molecule has 8 heteroatoms. The molecule has 2 aliphatic rings. The molecule has 0 unspecified atom stereocenters. The molecule has 0 saturated heterocycles. The van der Waals surface area contributed by atoms with Gasteiger partial charge in [-0.1, -0.05) is 90.1 Å². The number of ether oxygens (including phenoxy) is 3. The van der Waals surface area contributed by atoms with Gasteiger partial charge in [-0.15, -0.1) is 0 Å². The summed E-state index contributed by atoms with van der Waals surface area (Å²) in [4.78, 5) is 22.5. The number of fused-ring (bicyclic) bond motifs is 2. The van der Waals surface area contributed by atoms with Gasteiger partial charge in [-0.05, 0) is 140 Å². The quantitative estimate of drug-likeness (QED) is 0.0804. The van der Waals surface area contributed by atoms with E-state index in [9.17, 15) is 9.59 Å². The van der Waals surface area contributed by atoms with Crippen LogP contribution in [-0.2, 0) is 27.4 Å². The first kappa shape index (κ1) is 46.9. The number of nitrogens with one attached hydrogen (secondary N) is 2. The Labute approximate surface area is 360 Å². The average molecular weight is 823 g/mol. The van der Waals surface area contributed by atoms with Crippen LogP contribution < -0.4 is 20.1 Å². The summed E-state index contributed by atoms with van der Waals surface area (Å²) in [6, 6.07) is 21.3. The predicted molar refractivity (Wildman–Crippen MR) is 246 cm³/mol. The fourth-order valence-corrected chi connectivity index (χ4v) is 9.24. The number of hydrogen-bond acceptors (Lipinski definition) is 7. The molecule has 2 aliphatic carbocycles. The summed E-state index contributed by atoms with van der Waals surface area (Å²) in [6.07, 6.45) is 10.3. The lowest BCUT2D eigenvalue weighted by molar-refractivity contribution is -0.143. The minimum atomic E-state index is -0.779. The first-order valence-electron chi connectivity index (χ1n) is 22.7. The minimum absolute atomic E-state index is 0.122. The van der Waals surface area contributed by atoms with Crippen LogP contribution in [0.1, 0.15) is 135 Å². The SMILES string of the molecule is CCOC(=O)CCNCc1c(OC2CCC(C(C)(C)C)CC2)cc(C)c2ccccc12.Cc1cc(OC2CCC(C(C)(C)C)CC2)c(CNCCC(=O)O)c2ccccc12. The van der Waals surface area contributed by atoms with Crippen LogP contribution in [0, 0.1) is 36.5 Å². The first-order chi connectivity index (χ1) is 28.5. The molecule has 4 aromatic rings. The molecule has 4 aromatic carbocycles. The van der Waals surface area contributed by atoms with E-state index in [0.29, 0.717) is 50.0 Å². The Morgan fingerprint density at radius 2 is 1.00 bits per heavy atom. The molecule has 328 valence electrons. The highest BCUT2D eigenvalue weighted by Gasteiger charge is 2.32. The summed E-state index contributed by atoms with van der Waals surface area (Å²) < 4.78 is 18.2. The molecule has 0 atom stereocenters. The molecule has 0 amide bonds. The zero-order valence-electron chi connectivity index (χ0n) is 38.2. The highest BCUT2D eigenvalue weighted by atomic mass is 16.5. The number of carboxylic acid groups (broad SMARTS) is 1. The maximum Gasteiger partial charge on any atom is 0.307 e. The second kappa shape index (κ2) is 21.6. The number of carbonyl (C=O) groups excluding carboxylic acids is 1. The number of hydrogen-bond donors (Lipinski definition) is 3. The van der Waals surface area contributed by atoms with Crippen molar-refractivity contribution in [1.29, 1.82) is 0 Å². The molecule has 0 bridgehead atoms. The molecule has 2 saturated carbocycles. The summed E-state index contributed by atoms with van der Waals surface area (Å²) >= 11 is 0. The van der Waals surface area contributed by atoms with Crippen LogP contribution in [0.25, 0.3) is 21.5 Å². The van der Waals surface area contributed by atoms with Gasteiger partial charge in [-0.3, -0.25) is 9.59 Å². The molecule has 6 rings (SSSR count). The van der Waals surface area contributed by atoms with Gasteiger partial charge in [0.1, 0.15) is 11.5 Å².